The van der Waals surface area contributed by atoms with Crippen molar-refractivity contribution in [2.75, 3.05) is 18.4 Å². The fourth-order valence-corrected chi connectivity index (χ4v) is 1.94. The second kappa shape index (κ2) is 4.30. The summed E-state index contributed by atoms with van der Waals surface area (Å²) in [6.07, 6.45) is 0. The molecule has 6 heteroatoms. The van der Waals surface area contributed by atoms with Crippen LogP contribution < -0.4 is 11.1 Å². The molecule has 18 heavy (non-hydrogen) atoms. The van der Waals surface area contributed by atoms with Gasteiger partial charge in [0, 0.05) is 11.3 Å². The first-order valence-electron chi connectivity index (χ1n) is 5.56. The molecule has 1 saturated heterocycles. The molecule has 0 bridgehead atoms. The molecule has 1 aliphatic heterocycles. The van der Waals surface area contributed by atoms with Gasteiger partial charge in [-0.15, -0.1) is 0 Å². The predicted molar refractivity (Wildman–Crippen MR) is 66.2 cm³/mol. The Morgan fingerprint density at radius 1 is 1.33 bits per heavy atom. The molecule has 4 N–H and O–H groups in total. The van der Waals surface area contributed by atoms with Gasteiger partial charge < -0.3 is 21.1 Å². The normalized spacial score (nSPS) is 16.9. The average molecular weight is 249 g/mol. The van der Waals surface area contributed by atoms with Gasteiger partial charge in [-0.2, -0.15) is 0 Å². The summed E-state index contributed by atoms with van der Waals surface area (Å²) in [7, 11) is 0. The summed E-state index contributed by atoms with van der Waals surface area (Å²) in [4.78, 5) is 24.1. The number of nitrogens with zero attached hydrogens (tertiary/aromatic N) is 1. The number of nitrogens with one attached hydrogen (secondary N) is 1. The number of anilines is 1. The molecule has 1 aromatic carbocycles. The molecular formula is C12H15N3O3. The molecule has 0 aromatic heterocycles. The van der Waals surface area contributed by atoms with Gasteiger partial charge in [-0.3, -0.25) is 4.79 Å². The van der Waals surface area contributed by atoms with Crippen LogP contribution in [0, 0.1) is 0 Å². The number of primary amides is 1. The van der Waals surface area contributed by atoms with Gasteiger partial charge in [-0.25, -0.2) is 4.79 Å². The number of benzene rings is 1. The Morgan fingerprint density at radius 3 is 2.33 bits per heavy atom. The lowest BCUT2D eigenvalue weighted by Crippen LogP contribution is -2.61. The highest BCUT2D eigenvalue weighted by Crippen LogP contribution is 2.22. The van der Waals surface area contributed by atoms with Crippen LogP contribution in [-0.4, -0.2) is 40.6 Å². The first kappa shape index (κ1) is 12.4. The Bertz CT molecular complexity index is 474. The zero-order chi connectivity index (χ0) is 13.3. The maximum atomic E-state index is 12.0. The molecular weight excluding hydrogens is 234 g/mol. The number of urea groups is 1. The highest BCUT2D eigenvalue weighted by Gasteiger charge is 2.39. The summed E-state index contributed by atoms with van der Waals surface area (Å²) in [5, 5.41) is 12.0. The quantitative estimate of drug-likeness (QED) is 0.707. The van der Waals surface area contributed by atoms with Crippen LogP contribution >= 0.6 is 0 Å². The molecule has 0 radical (unpaired) electrons. The van der Waals surface area contributed by atoms with Gasteiger partial charge in [0.2, 0.25) is 0 Å². The maximum absolute atomic E-state index is 12.0. The first-order valence-corrected chi connectivity index (χ1v) is 5.56. The number of rotatable bonds is 2. The van der Waals surface area contributed by atoms with Gasteiger partial charge in [0.15, 0.2) is 0 Å². The third-order valence-electron chi connectivity index (χ3n) is 2.75. The zero-order valence-electron chi connectivity index (χ0n) is 10.0. The third kappa shape index (κ3) is 2.60. The Labute approximate surface area is 104 Å². The van der Waals surface area contributed by atoms with E-state index in [0.29, 0.717) is 24.3 Å². The summed E-state index contributed by atoms with van der Waals surface area (Å²) in [5.74, 6) is -0.132. The molecule has 0 spiro atoms. The number of amides is 3. The molecule has 2 rings (SSSR count). The van der Waals surface area contributed by atoms with Crippen LogP contribution in [0.5, 0.6) is 0 Å². The average Bonchev–Trinajstić information content (AvgIpc) is 2.25. The smallest absolute Gasteiger partial charge is 0.316 e. The predicted octanol–water partition coefficient (Wildman–Crippen LogP) is 0.384. The van der Waals surface area contributed by atoms with E-state index in [4.69, 9.17) is 5.73 Å². The lowest BCUT2D eigenvalue weighted by atomic mass is 9.96. The van der Waals surface area contributed by atoms with Crippen molar-refractivity contribution in [3.05, 3.63) is 29.8 Å². The fourth-order valence-electron chi connectivity index (χ4n) is 1.94. The van der Waals surface area contributed by atoms with E-state index < -0.39 is 11.6 Å². The largest absolute Gasteiger partial charge is 0.386 e. The van der Waals surface area contributed by atoms with Crippen LogP contribution in [0.2, 0.25) is 0 Å². The Balaban J connectivity index is 2.02. The third-order valence-corrected chi connectivity index (χ3v) is 2.75. The Morgan fingerprint density at radius 2 is 1.89 bits per heavy atom. The minimum atomic E-state index is -0.775. The van der Waals surface area contributed by atoms with Crippen molar-refractivity contribution >= 4 is 17.6 Å². The molecule has 1 aliphatic rings. The van der Waals surface area contributed by atoms with E-state index in [9.17, 15) is 14.7 Å². The van der Waals surface area contributed by atoms with Crippen molar-refractivity contribution < 1.29 is 14.7 Å². The van der Waals surface area contributed by atoms with Gasteiger partial charge >= 0.3 is 6.03 Å². The van der Waals surface area contributed by atoms with Gasteiger partial charge in [0.05, 0.1) is 18.7 Å². The minimum absolute atomic E-state index is 0.132. The molecule has 1 fully saturated rings. The van der Waals surface area contributed by atoms with Crippen LogP contribution in [0.25, 0.3) is 0 Å². The number of β-amino-alcohol motifs (C(OH)–C–C–N with tert-alkyl or cyclic N) is 1. The molecule has 0 atom stereocenters. The van der Waals surface area contributed by atoms with E-state index in [2.05, 4.69) is 5.32 Å². The minimum Gasteiger partial charge on any atom is -0.386 e. The van der Waals surface area contributed by atoms with Gasteiger partial charge in [0.1, 0.15) is 0 Å². The Hall–Kier alpha value is -2.08. The standard InChI is InChI=1S/C12H15N3O3/c1-12(18)6-15(7-12)10(16)8-2-4-9(5-3-8)14-11(13)17/h2-5,18H,6-7H2,1H3,(H3,13,14,17). The van der Waals surface area contributed by atoms with Crippen LogP contribution in [0.3, 0.4) is 0 Å². The van der Waals surface area contributed by atoms with Crippen LogP contribution in [0.15, 0.2) is 24.3 Å². The van der Waals surface area contributed by atoms with E-state index in [1.807, 2.05) is 0 Å². The van der Waals surface area contributed by atoms with E-state index in [-0.39, 0.29) is 5.91 Å². The first-order chi connectivity index (χ1) is 8.37. The number of carbonyl (C=O) groups is 2. The lowest BCUT2D eigenvalue weighted by molar-refractivity contribution is -0.0668. The molecule has 0 unspecified atom stereocenters. The van der Waals surface area contributed by atoms with E-state index in [1.165, 1.54) is 0 Å². The molecule has 0 aliphatic carbocycles. The number of hydrogen-bond acceptors (Lipinski definition) is 3. The van der Waals surface area contributed by atoms with Crippen LogP contribution in [0.4, 0.5) is 10.5 Å². The molecule has 0 saturated carbocycles. The number of nitrogens with two attached hydrogens (primary N) is 1. The van der Waals surface area contributed by atoms with Crippen LogP contribution in [-0.2, 0) is 0 Å². The van der Waals surface area contributed by atoms with Gasteiger partial charge in [0.25, 0.3) is 5.91 Å². The zero-order valence-corrected chi connectivity index (χ0v) is 10.0. The van der Waals surface area contributed by atoms with Crippen molar-refractivity contribution in [1.82, 2.24) is 4.90 Å². The van der Waals surface area contributed by atoms with Crippen molar-refractivity contribution in [3.8, 4) is 0 Å². The fraction of sp³-hybridized carbons (Fsp3) is 0.333. The van der Waals surface area contributed by atoms with E-state index in [0.717, 1.165) is 0 Å². The van der Waals surface area contributed by atoms with Crippen molar-refractivity contribution in [2.24, 2.45) is 5.73 Å². The SMILES string of the molecule is CC1(O)CN(C(=O)c2ccc(NC(N)=O)cc2)C1. The second-order valence-electron chi connectivity index (χ2n) is 4.72. The number of hydrogen-bond donors (Lipinski definition) is 3. The van der Waals surface area contributed by atoms with E-state index in [1.54, 1.807) is 36.1 Å². The topological polar surface area (TPSA) is 95.7 Å². The van der Waals surface area contributed by atoms with Gasteiger partial charge in [-0.1, -0.05) is 0 Å². The Kier molecular flexibility index (Phi) is 2.96. The second-order valence-corrected chi connectivity index (χ2v) is 4.72. The summed E-state index contributed by atoms with van der Waals surface area (Å²) >= 11 is 0. The van der Waals surface area contributed by atoms with Crippen molar-refractivity contribution in [1.29, 1.82) is 0 Å². The highest BCUT2D eigenvalue weighted by molar-refractivity contribution is 5.96. The summed E-state index contributed by atoms with van der Waals surface area (Å²) in [6.45, 7) is 2.37. The monoisotopic (exact) mass is 249 g/mol. The molecule has 6 nitrogen and oxygen atoms in total. The van der Waals surface area contributed by atoms with Crippen molar-refractivity contribution in [3.63, 3.8) is 0 Å². The van der Waals surface area contributed by atoms with Crippen molar-refractivity contribution in [2.45, 2.75) is 12.5 Å². The van der Waals surface area contributed by atoms with Crippen LogP contribution in [0.1, 0.15) is 17.3 Å². The summed E-state index contributed by atoms with van der Waals surface area (Å²) < 4.78 is 0. The highest BCUT2D eigenvalue weighted by atomic mass is 16.3. The lowest BCUT2D eigenvalue weighted by Gasteiger charge is -2.44. The number of likely N-dealkylation sites (tertiary alicyclic amines) is 1. The molecule has 96 valence electrons. The number of carbonyl (C=O) groups excluding carboxylic acids is 2. The van der Waals surface area contributed by atoms with Gasteiger partial charge in [-0.05, 0) is 31.2 Å². The molecule has 1 aromatic rings. The molecule has 3 amide bonds. The summed E-state index contributed by atoms with van der Waals surface area (Å²) in [5.41, 5.74) is 5.25. The maximum Gasteiger partial charge on any atom is 0.316 e. The summed E-state index contributed by atoms with van der Waals surface area (Å²) in [6, 6.07) is 5.79. The molecule has 1 heterocycles. The van der Waals surface area contributed by atoms with E-state index >= 15 is 0 Å². The number of aliphatic hydroxyl groups is 1.